The minimum Gasteiger partial charge on any atom is -0.475 e. The number of rotatable bonds is 2. The lowest BCUT2D eigenvalue weighted by atomic mass is 10.1. The van der Waals surface area contributed by atoms with Gasteiger partial charge in [0.15, 0.2) is 0 Å². The Kier molecular flexibility index (Phi) is 2.82. The minimum absolute atomic E-state index is 0.0670. The molecule has 7 heteroatoms. The zero-order valence-electron chi connectivity index (χ0n) is 8.73. The van der Waals surface area contributed by atoms with Crippen LogP contribution in [-0.4, -0.2) is 16.1 Å². The van der Waals surface area contributed by atoms with Gasteiger partial charge in [-0.2, -0.15) is 13.2 Å². The van der Waals surface area contributed by atoms with Gasteiger partial charge in [-0.05, 0) is 18.2 Å². The topological polar surface area (TPSA) is 63.3 Å². The first-order valence-electron chi connectivity index (χ1n) is 4.74. The number of alkyl halides is 3. The lowest BCUT2D eigenvalue weighted by molar-refractivity contribution is -0.137. The fourth-order valence-corrected chi connectivity index (χ4v) is 1.34. The Labute approximate surface area is 98.7 Å². The number of carboxylic acid groups (broad SMARTS) is 1. The van der Waals surface area contributed by atoms with E-state index in [4.69, 9.17) is 9.52 Å². The summed E-state index contributed by atoms with van der Waals surface area (Å²) in [5, 5.41) is 8.62. The SMILES string of the molecule is O=C(O)c1cnc(-c2cccc(C(F)(F)F)c2)o1. The monoisotopic (exact) mass is 257 g/mol. The standard InChI is InChI=1S/C11H6F3NO3/c12-11(13,14)7-3-1-2-6(4-7)9-15-5-8(18-9)10(16)17/h1-5H,(H,16,17). The second-order valence-electron chi connectivity index (χ2n) is 3.41. The summed E-state index contributed by atoms with van der Waals surface area (Å²) in [6.07, 6.45) is -3.53. The van der Waals surface area contributed by atoms with Gasteiger partial charge in [0.1, 0.15) is 0 Å². The van der Waals surface area contributed by atoms with Crippen LogP contribution in [0, 0.1) is 0 Å². The zero-order chi connectivity index (χ0) is 13.3. The van der Waals surface area contributed by atoms with Crippen molar-refractivity contribution in [3.05, 3.63) is 41.8 Å². The van der Waals surface area contributed by atoms with Crippen molar-refractivity contribution in [3.8, 4) is 11.5 Å². The molecule has 2 rings (SSSR count). The van der Waals surface area contributed by atoms with Gasteiger partial charge in [0, 0.05) is 5.56 Å². The number of carboxylic acids is 1. The molecule has 1 N–H and O–H groups in total. The number of aromatic nitrogens is 1. The fourth-order valence-electron chi connectivity index (χ4n) is 1.34. The van der Waals surface area contributed by atoms with Crippen LogP contribution in [0.1, 0.15) is 16.1 Å². The molecule has 0 unspecified atom stereocenters. The summed E-state index contributed by atoms with van der Waals surface area (Å²) in [5.41, 5.74) is -0.785. The van der Waals surface area contributed by atoms with E-state index in [9.17, 15) is 18.0 Å². The van der Waals surface area contributed by atoms with Crippen LogP contribution < -0.4 is 0 Å². The molecule has 1 aromatic carbocycles. The third-order valence-corrected chi connectivity index (χ3v) is 2.15. The number of carbonyl (C=O) groups is 1. The van der Waals surface area contributed by atoms with Crippen molar-refractivity contribution in [1.82, 2.24) is 4.98 Å². The maximum atomic E-state index is 12.5. The lowest BCUT2D eigenvalue weighted by Gasteiger charge is -2.06. The summed E-state index contributed by atoms with van der Waals surface area (Å²) in [6.45, 7) is 0. The number of benzene rings is 1. The average molecular weight is 257 g/mol. The molecule has 1 aromatic heterocycles. The Morgan fingerprint density at radius 3 is 2.61 bits per heavy atom. The molecule has 0 atom stereocenters. The summed E-state index contributed by atoms with van der Waals surface area (Å²) in [4.78, 5) is 14.2. The molecule has 0 radical (unpaired) electrons. The number of nitrogens with zero attached hydrogens (tertiary/aromatic N) is 1. The number of aromatic carboxylic acids is 1. The smallest absolute Gasteiger partial charge is 0.416 e. The summed E-state index contributed by atoms with van der Waals surface area (Å²) >= 11 is 0. The zero-order valence-corrected chi connectivity index (χ0v) is 8.73. The minimum atomic E-state index is -4.47. The molecule has 0 amide bonds. The molecule has 0 saturated heterocycles. The molecular formula is C11H6F3NO3. The number of hydrogen-bond donors (Lipinski definition) is 1. The van der Waals surface area contributed by atoms with E-state index in [1.165, 1.54) is 12.1 Å². The first-order chi connectivity index (χ1) is 8.38. The van der Waals surface area contributed by atoms with Crippen molar-refractivity contribution in [2.75, 3.05) is 0 Å². The Morgan fingerprint density at radius 2 is 2.06 bits per heavy atom. The van der Waals surface area contributed by atoms with Gasteiger partial charge in [-0.3, -0.25) is 0 Å². The molecule has 0 spiro atoms. The van der Waals surface area contributed by atoms with Crippen LogP contribution in [0.4, 0.5) is 13.2 Å². The van der Waals surface area contributed by atoms with Gasteiger partial charge in [-0.15, -0.1) is 0 Å². The largest absolute Gasteiger partial charge is 0.475 e. The number of oxazole rings is 1. The van der Waals surface area contributed by atoms with Gasteiger partial charge in [0.25, 0.3) is 0 Å². The molecular weight excluding hydrogens is 251 g/mol. The molecule has 0 fully saturated rings. The number of hydrogen-bond acceptors (Lipinski definition) is 3. The highest BCUT2D eigenvalue weighted by atomic mass is 19.4. The summed E-state index contributed by atoms with van der Waals surface area (Å²) in [5.74, 6) is -1.93. The van der Waals surface area contributed by atoms with Crippen LogP contribution in [0.2, 0.25) is 0 Å². The maximum Gasteiger partial charge on any atom is 0.416 e. The first kappa shape index (κ1) is 12.2. The molecule has 0 bridgehead atoms. The van der Waals surface area contributed by atoms with Crippen molar-refractivity contribution < 1.29 is 27.5 Å². The van der Waals surface area contributed by atoms with Crippen molar-refractivity contribution >= 4 is 5.97 Å². The van der Waals surface area contributed by atoms with E-state index >= 15 is 0 Å². The molecule has 18 heavy (non-hydrogen) atoms. The van der Waals surface area contributed by atoms with Crippen LogP contribution in [0.15, 0.2) is 34.9 Å². The second-order valence-corrected chi connectivity index (χ2v) is 3.41. The van der Waals surface area contributed by atoms with Crippen molar-refractivity contribution in [3.63, 3.8) is 0 Å². The van der Waals surface area contributed by atoms with Gasteiger partial charge >= 0.3 is 12.1 Å². The third kappa shape index (κ3) is 2.34. The van der Waals surface area contributed by atoms with E-state index in [2.05, 4.69) is 4.98 Å². The van der Waals surface area contributed by atoms with Gasteiger partial charge < -0.3 is 9.52 Å². The molecule has 1 heterocycles. The highest BCUT2D eigenvalue weighted by Gasteiger charge is 2.30. The van der Waals surface area contributed by atoms with E-state index in [1.54, 1.807) is 0 Å². The van der Waals surface area contributed by atoms with Crippen LogP contribution in [0.5, 0.6) is 0 Å². The van der Waals surface area contributed by atoms with Crippen molar-refractivity contribution in [1.29, 1.82) is 0 Å². The van der Waals surface area contributed by atoms with E-state index in [1.807, 2.05) is 0 Å². The molecule has 0 aliphatic rings. The number of halogens is 3. The predicted octanol–water partition coefficient (Wildman–Crippen LogP) is 3.06. The highest BCUT2D eigenvalue weighted by Crippen LogP contribution is 2.31. The van der Waals surface area contributed by atoms with Crippen molar-refractivity contribution in [2.45, 2.75) is 6.18 Å². The summed E-state index contributed by atoms with van der Waals surface area (Å²) in [6, 6.07) is 4.30. The molecule has 0 saturated carbocycles. The third-order valence-electron chi connectivity index (χ3n) is 2.15. The lowest BCUT2D eigenvalue weighted by Crippen LogP contribution is -2.04. The predicted molar refractivity (Wildman–Crippen MR) is 53.9 cm³/mol. The van der Waals surface area contributed by atoms with E-state index in [0.29, 0.717) is 0 Å². The highest BCUT2D eigenvalue weighted by molar-refractivity contribution is 5.84. The summed E-state index contributed by atoms with van der Waals surface area (Å²) < 4.78 is 42.2. The Morgan fingerprint density at radius 1 is 1.33 bits per heavy atom. The van der Waals surface area contributed by atoms with Gasteiger partial charge in [0.05, 0.1) is 11.8 Å². The van der Waals surface area contributed by atoms with Crippen LogP contribution in [-0.2, 0) is 6.18 Å². The molecule has 0 aliphatic carbocycles. The quantitative estimate of drug-likeness (QED) is 0.897. The second kappa shape index (κ2) is 4.17. The fraction of sp³-hybridized carbons (Fsp3) is 0.0909. The Balaban J connectivity index is 2.41. The van der Waals surface area contributed by atoms with Crippen LogP contribution in [0.3, 0.4) is 0 Å². The Bertz CT molecular complexity index is 589. The van der Waals surface area contributed by atoms with Gasteiger partial charge in [-0.1, -0.05) is 6.07 Å². The summed E-state index contributed by atoms with van der Waals surface area (Å²) in [7, 11) is 0. The molecule has 0 aliphatic heterocycles. The van der Waals surface area contributed by atoms with E-state index < -0.39 is 23.5 Å². The molecule has 4 nitrogen and oxygen atoms in total. The first-order valence-corrected chi connectivity index (χ1v) is 4.74. The van der Waals surface area contributed by atoms with Crippen LogP contribution in [0.25, 0.3) is 11.5 Å². The average Bonchev–Trinajstić information content (AvgIpc) is 2.77. The normalized spacial score (nSPS) is 11.5. The van der Waals surface area contributed by atoms with Crippen LogP contribution >= 0.6 is 0 Å². The molecule has 94 valence electrons. The van der Waals surface area contributed by atoms with Gasteiger partial charge in [-0.25, -0.2) is 9.78 Å². The van der Waals surface area contributed by atoms with E-state index in [-0.39, 0.29) is 11.5 Å². The molecule has 2 aromatic rings. The van der Waals surface area contributed by atoms with E-state index in [0.717, 1.165) is 18.3 Å². The maximum absolute atomic E-state index is 12.5. The van der Waals surface area contributed by atoms with Gasteiger partial charge in [0.2, 0.25) is 11.7 Å². The van der Waals surface area contributed by atoms with Crippen molar-refractivity contribution in [2.24, 2.45) is 0 Å². The Hall–Kier alpha value is -2.31.